The average molecular weight is 449 g/mol. The van der Waals surface area contributed by atoms with E-state index in [1.807, 2.05) is 19.9 Å². The van der Waals surface area contributed by atoms with E-state index in [0.717, 1.165) is 27.6 Å². The first-order chi connectivity index (χ1) is 16.4. The Morgan fingerprint density at radius 3 is 2.44 bits per heavy atom. The van der Waals surface area contributed by atoms with Crippen LogP contribution in [0.4, 0.5) is 16.0 Å². The van der Waals surface area contributed by atoms with Gasteiger partial charge in [-0.2, -0.15) is 15.0 Å². The monoisotopic (exact) mass is 449 g/mol. The van der Waals surface area contributed by atoms with E-state index in [4.69, 9.17) is 4.98 Å². The summed E-state index contributed by atoms with van der Waals surface area (Å²) in [4.78, 5) is 4.84. The quantitative estimate of drug-likeness (QED) is 0.386. The summed E-state index contributed by atoms with van der Waals surface area (Å²) < 4.78 is 14.8. The molecule has 0 bridgehead atoms. The number of nitrogens with one attached hydrogen (secondary N) is 1. The topological polar surface area (TPSA) is 92.3 Å². The predicted octanol–water partition coefficient (Wildman–Crippen LogP) is 5.56. The van der Waals surface area contributed by atoms with Gasteiger partial charge in [-0.05, 0) is 80.4 Å². The average Bonchev–Trinajstić information content (AvgIpc) is 3.23. The number of pyridine rings is 1. The molecule has 3 heterocycles. The minimum atomic E-state index is -0.310. The fourth-order valence-electron chi connectivity index (χ4n) is 3.95. The van der Waals surface area contributed by atoms with Crippen molar-refractivity contribution in [2.24, 2.45) is 0 Å². The van der Waals surface area contributed by atoms with Gasteiger partial charge in [0, 0.05) is 10.9 Å². The minimum Gasteiger partial charge on any atom is -0.322 e. The summed E-state index contributed by atoms with van der Waals surface area (Å²) in [7, 11) is 0. The predicted molar refractivity (Wildman–Crippen MR) is 128 cm³/mol. The number of rotatable bonds is 4. The third-order valence-electron chi connectivity index (χ3n) is 5.60. The lowest BCUT2D eigenvalue weighted by Gasteiger charge is -2.13. The zero-order chi connectivity index (χ0) is 23.8. The zero-order valence-electron chi connectivity index (χ0n) is 18.8. The second kappa shape index (κ2) is 8.37. The van der Waals surface area contributed by atoms with E-state index >= 15 is 0 Å². The molecule has 8 heteroatoms. The number of anilines is 2. The highest BCUT2D eigenvalue weighted by Crippen LogP contribution is 2.28. The molecule has 0 spiro atoms. The molecule has 0 saturated heterocycles. The third kappa shape index (κ3) is 3.84. The molecule has 166 valence electrons. The van der Waals surface area contributed by atoms with Crippen molar-refractivity contribution in [1.29, 1.82) is 5.26 Å². The van der Waals surface area contributed by atoms with E-state index in [9.17, 15) is 9.65 Å². The van der Waals surface area contributed by atoms with Crippen LogP contribution in [0.3, 0.4) is 0 Å². The Bertz CT molecular complexity index is 1560. The van der Waals surface area contributed by atoms with Gasteiger partial charge in [0.15, 0.2) is 17.5 Å². The Morgan fingerprint density at radius 1 is 0.941 bits per heavy atom. The molecule has 0 saturated carbocycles. The molecule has 0 fully saturated rings. The first-order valence-corrected chi connectivity index (χ1v) is 10.7. The molecule has 5 rings (SSSR count). The Hall–Kier alpha value is -4.64. The molecular weight excluding hydrogens is 429 g/mol. The summed E-state index contributed by atoms with van der Waals surface area (Å²) >= 11 is 0. The Balaban J connectivity index is 1.53. The van der Waals surface area contributed by atoms with E-state index in [-0.39, 0.29) is 5.82 Å². The van der Waals surface area contributed by atoms with Crippen molar-refractivity contribution in [3.63, 3.8) is 0 Å². The van der Waals surface area contributed by atoms with Gasteiger partial charge in [0.1, 0.15) is 17.4 Å². The summed E-state index contributed by atoms with van der Waals surface area (Å²) in [6, 6.07) is 17.9. The van der Waals surface area contributed by atoms with Gasteiger partial charge in [0.25, 0.3) is 0 Å². The zero-order valence-corrected chi connectivity index (χ0v) is 18.8. The van der Waals surface area contributed by atoms with Gasteiger partial charge in [-0.25, -0.2) is 9.37 Å². The second-order valence-corrected chi connectivity index (χ2v) is 8.14. The Kier molecular flexibility index (Phi) is 5.22. The van der Waals surface area contributed by atoms with Crippen LogP contribution in [-0.2, 0) is 0 Å². The minimum absolute atomic E-state index is 0.310. The summed E-state index contributed by atoms with van der Waals surface area (Å²) in [5.41, 5.74) is 5.92. The van der Waals surface area contributed by atoms with Crippen molar-refractivity contribution in [3.8, 4) is 23.1 Å². The van der Waals surface area contributed by atoms with Crippen LogP contribution in [-0.4, -0.2) is 25.0 Å². The molecule has 0 amide bonds. The number of fused-ring (bicyclic) bond motifs is 1. The van der Waals surface area contributed by atoms with Crippen molar-refractivity contribution < 1.29 is 4.39 Å². The highest BCUT2D eigenvalue weighted by atomic mass is 19.1. The van der Waals surface area contributed by atoms with Crippen LogP contribution in [0, 0.1) is 37.9 Å². The molecule has 3 aromatic heterocycles. The summed E-state index contributed by atoms with van der Waals surface area (Å²) in [6.45, 7) is 6.14. The lowest BCUT2D eigenvalue weighted by atomic mass is 10.0. The van der Waals surface area contributed by atoms with Gasteiger partial charge in [0.2, 0.25) is 0 Å². The molecule has 0 atom stereocenters. The first-order valence-electron chi connectivity index (χ1n) is 10.7. The Labute approximate surface area is 195 Å². The lowest BCUT2D eigenvalue weighted by molar-refractivity contribution is 0.628. The van der Waals surface area contributed by atoms with Gasteiger partial charge in [-0.15, -0.1) is 10.2 Å². The molecule has 7 nitrogen and oxygen atoms in total. The fraction of sp³-hybridized carbons (Fsp3) is 0.115. The van der Waals surface area contributed by atoms with Gasteiger partial charge >= 0.3 is 0 Å². The van der Waals surface area contributed by atoms with Crippen molar-refractivity contribution in [3.05, 3.63) is 88.9 Å². The van der Waals surface area contributed by atoms with E-state index in [1.54, 1.807) is 28.9 Å². The fourth-order valence-corrected chi connectivity index (χ4v) is 3.95. The van der Waals surface area contributed by atoms with Gasteiger partial charge in [-0.3, -0.25) is 0 Å². The SMILES string of the molecule is Cc1cc(C)c2nc(-n3ncc(C#N)c3Nc3ccc(-c4ccc(F)cc4)nn3)cc(C)c2c1. The summed E-state index contributed by atoms with van der Waals surface area (Å²) in [5.74, 6) is 1.17. The molecule has 0 aliphatic rings. The Morgan fingerprint density at radius 2 is 1.74 bits per heavy atom. The molecule has 5 aromatic rings. The van der Waals surface area contributed by atoms with Crippen molar-refractivity contribution in [1.82, 2.24) is 25.0 Å². The van der Waals surface area contributed by atoms with Crippen LogP contribution in [0.25, 0.3) is 28.0 Å². The van der Waals surface area contributed by atoms with Crippen LogP contribution in [0.1, 0.15) is 22.3 Å². The number of benzene rings is 2. The first kappa shape index (κ1) is 21.2. The number of hydrogen-bond acceptors (Lipinski definition) is 6. The highest BCUT2D eigenvalue weighted by Gasteiger charge is 2.16. The molecule has 2 aromatic carbocycles. The highest BCUT2D eigenvalue weighted by molar-refractivity contribution is 5.86. The van der Waals surface area contributed by atoms with E-state index in [2.05, 4.69) is 45.7 Å². The molecule has 34 heavy (non-hydrogen) atoms. The van der Waals surface area contributed by atoms with Crippen LogP contribution in [0.5, 0.6) is 0 Å². The van der Waals surface area contributed by atoms with E-state index in [0.29, 0.717) is 28.7 Å². The second-order valence-electron chi connectivity index (χ2n) is 8.14. The maximum Gasteiger partial charge on any atom is 0.156 e. The van der Waals surface area contributed by atoms with Gasteiger partial charge < -0.3 is 5.32 Å². The number of aromatic nitrogens is 5. The van der Waals surface area contributed by atoms with Crippen LogP contribution >= 0.6 is 0 Å². The van der Waals surface area contributed by atoms with Crippen molar-refractivity contribution in [2.45, 2.75) is 20.8 Å². The van der Waals surface area contributed by atoms with Crippen molar-refractivity contribution in [2.75, 3.05) is 5.32 Å². The molecule has 1 N–H and O–H groups in total. The number of nitrogens with zero attached hydrogens (tertiary/aromatic N) is 6. The largest absolute Gasteiger partial charge is 0.322 e. The maximum absolute atomic E-state index is 13.2. The number of halogens is 1. The van der Waals surface area contributed by atoms with E-state index < -0.39 is 0 Å². The summed E-state index contributed by atoms with van der Waals surface area (Å²) in [5, 5.41) is 26.7. The smallest absolute Gasteiger partial charge is 0.156 e. The number of nitriles is 1. The van der Waals surface area contributed by atoms with Crippen LogP contribution in [0.15, 0.2) is 60.8 Å². The third-order valence-corrected chi connectivity index (χ3v) is 5.60. The van der Waals surface area contributed by atoms with E-state index in [1.165, 1.54) is 23.9 Å². The molecule has 0 aliphatic heterocycles. The number of hydrogen-bond donors (Lipinski definition) is 1. The van der Waals surface area contributed by atoms with Crippen LogP contribution in [0.2, 0.25) is 0 Å². The lowest BCUT2D eigenvalue weighted by Crippen LogP contribution is -2.07. The number of aryl methyl sites for hydroxylation is 3. The van der Waals surface area contributed by atoms with Crippen molar-refractivity contribution >= 4 is 22.5 Å². The molecule has 0 unspecified atom stereocenters. The maximum atomic E-state index is 13.2. The van der Waals surface area contributed by atoms with Gasteiger partial charge in [-0.1, -0.05) is 11.6 Å². The standard InChI is InChI=1S/C26H20FN7/c1-15-10-17(3)25-21(11-15)16(2)12-24(31-25)34-26(19(13-28)14-29-34)30-23-9-8-22(32-33-23)18-4-6-20(27)7-5-18/h4-12,14H,1-3H3,(H,30,33). The van der Waals surface area contributed by atoms with Crippen LogP contribution < -0.4 is 5.32 Å². The molecule has 0 aliphatic carbocycles. The molecular formula is C26H20FN7. The molecule has 0 radical (unpaired) electrons. The summed E-state index contributed by atoms with van der Waals surface area (Å²) in [6.07, 6.45) is 1.49. The van der Waals surface area contributed by atoms with Gasteiger partial charge in [0.05, 0.1) is 17.4 Å². The normalized spacial score (nSPS) is 10.9.